The summed E-state index contributed by atoms with van der Waals surface area (Å²) in [7, 11) is 0. The quantitative estimate of drug-likeness (QED) is 0.830. The van der Waals surface area contributed by atoms with Gasteiger partial charge in [0.25, 0.3) is 0 Å². The van der Waals surface area contributed by atoms with Crippen molar-refractivity contribution in [3.8, 4) is 0 Å². The number of carbonyl (C=O) groups excluding carboxylic acids is 2. The summed E-state index contributed by atoms with van der Waals surface area (Å²) in [6, 6.07) is -0.296. The second kappa shape index (κ2) is 6.96. The largest absolute Gasteiger partial charge is 0.355 e. The summed E-state index contributed by atoms with van der Waals surface area (Å²) >= 11 is 1.53. The van der Waals surface area contributed by atoms with Crippen molar-refractivity contribution in [3.05, 3.63) is 18.6 Å². The summed E-state index contributed by atoms with van der Waals surface area (Å²) in [6.07, 6.45) is 6.83. The number of hydrogen-bond donors (Lipinski definition) is 2. The highest BCUT2D eigenvalue weighted by Gasteiger charge is 2.38. The molecule has 3 rings (SSSR count). The minimum absolute atomic E-state index is 0.0728. The van der Waals surface area contributed by atoms with Gasteiger partial charge >= 0.3 is 0 Å². The van der Waals surface area contributed by atoms with E-state index in [1.807, 2.05) is 13.8 Å². The highest BCUT2D eigenvalue weighted by molar-refractivity contribution is 8.01. The van der Waals surface area contributed by atoms with Gasteiger partial charge < -0.3 is 15.5 Å². The van der Waals surface area contributed by atoms with Gasteiger partial charge in [-0.15, -0.1) is 11.8 Å². The van der Waals surface area contributed by atoms with Crippen LogP contribution >= 0.6 is 11.8 Å². The molecule has 2 N–H and O–H groups in total. The third kappa shape index (κ3) is 3.80. The Morgan fingerprint density at radius 3 is 2.75 bits per heavy atom. The van der Waals surface area contributed by atoms with Crippen molar-refractivity contribution in [1.82, 2.24) is 20.6 Å². The summed E-state index contributed by atoms with van der Waals surface area (Å²) in [4.78, 5) is 35.0. The van der Waals surface area contributed by atoms with Gasteiger partial charge in [-0.05, 0) is 26.7 Å². The molecule has 2 amide bonds. The minimum Gasteiger partial charge on any atom is -0.355 e. The molecule has 0 spiro atoms. The monoisotopic (exact) mass is 349 g/mol. The molecule has 1 aromatic rings. The molecule has 2 saturated heterocycles. The van der Waals surface area contributed by atoms with E-state index in [4.69, 9.17) is 0 Å². The average molecular weight is 349 g/mol. The number of amides is 2. The number of thioether (sulfide) groups is 1. The average Bonchev–Trinajstić information content (AvgIpc) is 2.59. The summed E-state index contributed by atoms with van der Waals surface area (Å²) in [5.74, 6) is 1.34. The first-order chi connectivity index (χ1) is 11.5. The van der Waals surface area contributed by atoms with Crippen LogP contribution in [0.15, 0.2) is 18.6 Å². The van der Waals surface area contributed by atoms with E-state index >= 15 is 0 Å². The number of nitrogens with one attached hydrogen (secondary N) is 2. The van der Waals surface area contributed by atoms with Crippen molar-refractivity contribution in [2.24, 2.45) is 0 Å². The van der Waals surface area contributed by atoms with E-state index in [2.05, 4.69) is 25.5 Å². The maximum atomic E-state index is 12.4. The third-order valence-corrected chi connectivity index (χ3v) is 5.90. The number of carbonyl (C=O) groups is 2. The van der Waals surface area contributed by atoms with Crippen molar-refractivity contribution in [1.29, 1.82) is 0 Å². The van der Waals surface area contributed by atoms with Crippen molar-refractivity contribution >= 4 is 29.4 Å². The van der Waals surface area contributed by atoms with Crippen LogP contribution in [-0.2, 0) is 9.59 Å². The highest BCUT2D eigenvalue weighted by atomic mass is 32.2. The minimum atomic E-state index is -0.459. The Morgan fingerprint density at radius 2 is 2.12 bits per heavy atom. The molecule has 8 heteroatoms. The van der Waals surface area contributed by atoms with Crippen molar-refractivity contribution in [3.63, 3.8) is 0 Å². The molecule has 1 atom stereocenters. The smallest absolute Gasteiger partial charge is 0.243 e. The predicted molar refractivity (Wildman–Crippen MR) is 93.9 cm³/mol. The van der Waals surface area contributed by atoms with Crippen LogP contribution in [0.4, 0.5) is 5.82 Å². The first-order valence-corrected chi connectivity index (χ1v) is 9.20. The van der Waals surface area contributed by atoms with Crippen LogP contribution in [0.1, 0.15) is 26.7 Å². The molecule has 7 nitrogen and oxygen atoms in total. The van der Waals surface area contributed by atoms with Gasteiger partial charge in [-0.25, -0.2) is 4.98 Å². The Labute approximate surface area is 146 Å². The lowest BCUT2D eigenvalue weighted by Crippen LogP contribution is -2.59. The second-order valence-electron chi connectivity index (χ2n) is 6.68. The van der Waals surface area contributed by atoms with Crippen molar-refractivity contribution < 1.29 is 9.59 Å². The Kier molecular flexibility index (Phi) is 4.93. The van der Waals surface area contributed by atoms with Gasteiger partial charge in [0.1, 0.15) is 11.9 Å². The maximum Gasteiger partial charge on any atom is 0.243 e. The Bertz CT molecular complexity index is 602. The fourth-order valence-electron chi connectivity index (χ4n) is 2.88. The van der Waals surface area contributed by atoms with Gasteiger partial charge in [-0.1, -0.05) is 0 Å². The van der Waals surface area contributed by atoms with E-state index in [1.165, 1.54) is 11.8 Å². The lowest BCUT2D eigenvalue weighted by molar-refractivity contribution is -0.130. The van der Waals surface area contributed by atoms with Crippen LogP contribution in [0.3, 0.4) is 0 Å². The molecule has 0 bridgehead atoms. The number of piperidine rings is 1. The number of hydrogen-bond acceptors (Lipinski definition) is 6. The fourth-order valence-corrected chi connectivity index (χ4v) is 3.89. The van der Waals surface area contributed by atoms with Crippen LogP contribution in [0, 0.1) is 0 Å². The second-order valence-corrected chi connectivity index (χ2v) is 8.32. The van der Waals surface area contributed by atoms with Gasteiger partial charge in [-0.2, -0.15) is 0 Å². The van der Waals surface area contributed by atoms with Gasteiger partial charge in [0.15, 0.2) is 0 Å². The normalized spacial score (nSPS) is 24.3. The number of aromatic nitrogens is 2. The molecule has 24 heavy (non-hydrogen) atoms. The topological polar surface area (TPSA) is 87.2 Å². The predicted octanol–water partition coefficient (Wildman–Crippen LogP) is 0.572. The molecule has 2 aliphatic heterocycles. The lowest BCUT2D eigenvalue weighted by atomic mass is 10.0. The Hall–Kier alpha value is -1.83. The van der Waals surface area contributed by atoms with Gasteiger partial charge in [0, 0.05) is 37.3 Å². The molecular weight excluding hydrogens is 326 g/mol. The zero-order valence-corrected chi connectivity index (χ0v) is 14.8. The van der Waals surface area contributed by atoms with E-state index < -0.39 is 10.8 Å². The SMILES string of the molecule is CC1(C)SC[C@@H](C(=O)NC2CCN(c3cnccn3)CC2)NC1=O. The highest BCUT2D eigenvalue weighted by Crippen LogP contribution is 2.29. The zero-order chi connectivity index (χ0) is 17.2. The number of anilines is 1. The van der Waals surface area contributed by atoms with Crippen LogP contribution in [0.5, 0.6) is 0 Å². The molecule has 130 valence electrons. The Morgan fingerprint density at radius 1 is 1.38 bits per heavy atom. The van der Waals surface area contributed by atoms with Gasteiger partial charge in [0.05, 0.1) is 10.9 Å². The zero-order valence-electron chi connectivity index (χ0n) is 14.0. The van der Waals surface area contributed by atoms with E-state index in [-0.39, 0.29) is 17.9 Å². The molecule has 0 aromatic carbocycles. The first kappa shape index (κ1) is 17.0. The molecule has 0 unspecified atom stereocenters. The summed E-state index contributed by atoms with van der Waals surface area (Å²) in [5, 5.41) is 5.91. The van der Waals surface area contributed by atoms with Gasteiger partial charge in [-0.3, -0.25) is 14.6 Å². The summed E-state index contributed by atoms with van der Waals surface area (Å²) in [6.45, 7) is 5.43. The van der Waals surface area contributed by atoms with Crippen LogP contribution in [0.2, 0.25) is 0 Å². The molecule has 3 heterocycles. The fraction of sp³-hybridized carbons (Fsp3) is 0.625. The van der Waals surface area contributed by atoms with E-state index in [1.54, 1.807) is 18.6 Å². The molecule has 1 aromatic heterocycles. The molecule has 2 aliphatic rings. The van der Waals surface area contributed by atoms with Gasteiger partial charge in [0.2, 0.25) is 11.8 Å². The molecule has 0 saturated carbocycles. The summed E-state index contributed by atoms with van der Waals surface area (Å²) < 4.78 is -0.459. The first-order valence-electron chi connectivity index (χ1n) is 8.22. The van der Waals surface area contributed by atoms with E-state index in [9.17, 15) is 9.59 Å². The van der Waals surface area contributed by atoms with E-state index in [0.29, 0.717) is 5.75 Å². The molecule has 2 fully saturated rings. The Balaban J connectivity index is 1.48. The van der Waals surface area contributed by atoms with Crippen LogP contribution in [-0.4, -0.2) is 57.5 Å². The molecular formula is C16H23N5O2S. The third-order valence-electron chi connectivity index (χ3n) is 4.49. The summed E-state index contributed by atoms with van der Waals surface area (Å²) in [5.41, 5.74) is 0. The van der Waals surface area contributed by atoms with E-state index in [0.717, 1.165) is 31.7 Å². The number of rotatable bonds is 3. The van der Waals surface area contributed by atoms with Crippen molar-refractivity contribution in [2.75, 3.05) is 23.7 Å². The van der Waals surface area contributed by atoms with Crippen LogP contribution in [0.25, 0.3) is 0 Å². The molecule has 0 aliphatic carbocycles. The number of nitrogens with zero attached hydrogens (tertiary/aromatic N) is 3. The lowest BCUT2D eigenvalue weighted by Gasteiger charge is -2.36. The standard InChI is InChI=1S/C16H23N5O2S/c1-16(2)15(23)20-12(10-24-16)14(22)19-11-3-7-21(8-4-11)13-9-17-5-6-18-13/h5-6,9,11-12H,3-4,7-8,10H2,1-2H3,(H,19,22)(H,20,23)/t12-/m0/s1. The maximum absolute atomic E-state index is 12.4. The van der Waals surface area contributed by atoms with Crippen LogP contribution < -0.4 is 15.5 Å². The van der Waals surface area contributed by atoms with Crippen molar-refractivity contribution in [2.45, 2.75) is 43.5 Å². The molecule has 0 radical (unpaired) electrons.